The van der Waals surface area contributed by atoms with E-state index in [4.69, 9.17) is 5.11 Å². The van der Waals surface area contributed by atoms with Gasteiger partial charge in [-0.3, -0.25) is 9.59 Å². The largest absolute Gasteiger partial charge is 0.481 e. The van der Waals surface area contributed by atoms with Crippen LogP contribution in [-0.4, -0.2) is 23.5 Å². The number of nitrogens with one attached hydrogen (secondary N) is 1. The summed E-state index contributed by atoms with van der Waals surface area (Å²) in [6.45, 7) is 4.08. The van der Waals surface area contributed by atoms with E-state index in [0.29, 0.717) is 18.4 Å². The van der Waals surface area contributed by atoms with Crippen LogP contribution in [0.4, 0.5) is 0 Å². The Morgan fingerprint density at radius 1 is 1.22 bits per heavy atom. The number of rotatable bonds is 4. The molecule has 1 fully saturated rings. The van der Waals surface area contributed by atoms with Crippen LogP contribution in [0.25, 0.3) is 0 Å². The van der Waals surface area contributed by atoms with Crippen LogP contribution in [0.3, 0.4) is 0 Å². The zero-order valence-electron chi connectivity index (χ0n) is 10.6. The van der Waals surface area contributed by atoms with E-state index in [9.17, 15) is 9.59 Å². The summed E-state index contributed by atoms with van der Waals surface area (Å²) < 4.78 is 0. The third kappa shape index (κ3) is 2.53. The van der Waals surface area contributed by atoms with E-state index >= 15 is 0 Å². The van der Waals surface area contributed by atoms with Crippen molar-refractivity contribution in [3.63, 3.8) is 0 Å². The Kier molecular flexibility index (Phi) is 3.11. The van der Waals surface area contributed by atoms with Crippen LogP contribution in [0.1, 0.15) is 34.3 Å². The van der Waals surface area contributed by atoms with Crippen LogP contribution in [0, 0.1) is 19.3 Å². The molecule has 0 atom stereocenters. The van der Waals surface area contributed by atoms with Gasteiger partial charge in [0.2, 0.25) is 0 Å². The van der Waals surface area contributed by atoms with Gasteiger partial charge >= 0.3 is 5.97 Å². The van der Waals surface area contributed by atoms with Gasteiger partial charge in [0.15, 0.2) is 0 Å². The highest BCUT2D eigenvalue weighted by molar-refractivity contribution is 5.95. The fourth-order valence-electron chi connectivity index (χ4n) is 2.07. The van der Waals surface area contributed by atoms with Gasteiger partial charge in [-0.1, -0.05) is 17.2 Å². The lowest BCUT2D eigenvalue weighted by atomic mass is 10.1. The zero-order valence-corrected chi connectivity index (χ0v) is 10.6. The number of amides is 1. The van der Waals surface area contributed by atoms with E-state index < -0.39 is 11.4 Å². The summed E-state index contributed by atoms with van der Waals surface area (Å²) in [5.41, 5.74) is 1.93. The second-order valence-corrected chi connectivity index (χ2v) is 5.14. The van der Waals surface area contributed by atoms with Gasteiger partial charge in [-0.05, 0) is 38.8 Å². The van der Waals surface area contributed by atoms with Gasteiger partial charge < -0.3 is 10.4 Å². The molecule has 96 valence electrons. The van der Waals surface area contributed by atoms with Crippen molar-refractivity contribution in [2.45, 2.75) is 26.7 Å². The molecule has 0 aromatic heterocycles. The number of aliphatic carboxylic acids is 1. The molecule has 1 aliphatic rings. The summed E-state index contributed by atoms with van der Waals surface area (Å²) in [5, 5.41) is 11.7. The van der Waals surface area contributed by atoms with Gasteiger partial charge in [-0.25, -0.2) is 0 Å². The summed E-state index contributed by atoms with van der Waals surface area (Å²) in [4.78, 5) is 22.9. The van der Waals surface area contributed by atoms with Crippen molar-refractivity contribution in [2.24, 2.45) is 5.41 Å². The molecule has 0 bridgehead atoms. The summed E-state index contributed by atoms with van der Waals surface area (Å²) >= 11 is 0. The molecule has 18 heavy (non-hydrogen) atoms. The van der Waals surface area contributed by atoms with Gasteiger partial charge in [0.25, 0.3) is 5.91 Å². The van der Waals surface area contributed by atoms with Crippen molar-refractivity contribution in [2.75, 3.05) is 6.54 Å². The first-order valence-corrected chi connectivity index (χ1v) is 6.03. The van der Waals surface area contributed by atoms with Crippen molar-refractivity contribution in [1.29, 1.82) is 0 Å². The number of hydrogen-bond acceptors (Lipinski definition) is 2. The predicted molar refractivity (Wildman–Crippen MR) is 67.6 cm³/mol. The van der Waals surface area contributed by atoms with Crippen LogP contribution in [0.5, 0.6) is 0 Å². The average Bonchev–Trinajstić information content (AvgIpc) is 3.05. The fraction of sp³-hybridized carbons (Fsp3) is 0.429. The van der Waals surface area contributed by atoms with Crippen LogP contribution >= 0.6 is 0 Å². The van der Waals surface area contributed by atoms with Crippen LogP contribution < -0.4 is 5.32 Å². The van der Waals surface area contributed by atoms with E-state index in [0.717, 1.165) is 11.1 Å². The molecule has 0 radical (unpaired) electrons. The highest BCUT2D eigenvalue weighted by Crippen LogP contribution is 2.45. The standard InChI is InChI=1S/C14H17NO3/c1-9-5-10(2)7-11(6-9)12(16)15-8-14(3-4-14)13(17)18/h5-7H,3-4,8H2,1-2H3,(H,15,16)(H,17,18). The van der Waals surface area contributed by atoms with Crippen molar-refractivity contribution < 1.29 is 14.7 Å². The van der Waals surface area contributed by atoms with Gasteiger partial charge in [-0.15, -0.1) is 0 Å². The maximum Gasteiger partial charge on any atom is 0.311 e. The van der Waals surface area contributed by atoms with Gasteiger partial charge in [0.1, 0.15) is 0 Å². The molecule has 1 aliphatic carbocycles. The smallest absolute Gasteiger partial charge is 0.311 e. The van der Waals surface area contributed by atoms with Crippen LogP contribution in [0.15, 0.2) is 18.2 Å². The number of aryl methyl sites for hydroxylation is 2. The molecule has 1 aromatic carbocycles. The Morgan fingerprint density at radius 2 is 1.78 bits per heavy atom. The lowest BCUT2D eigenvalue weighted by Gasteiger charge is -2.11. The van der Waals surface area contributed by atoms with E-state index in [1.807, 2.05) is 32.0 Å². The molecule has 4 nitrogen and oxygen atoms in total. The Hall–Kier alpha value is -1.84. The van der Waals surface area contributed by atoms with Crippen molar-refractivity contribution >= 4 is 11.9 Å². The molecule has 1 saturated carbocycles. The number of hydrogen-bond donors (Lipinski definition) is 2. The number of benzene rings is 1. The van der Waals surface area contributed by atoms with Crippen molar-refractivity contribution in [3.8, 4) is 0 Å². The monoisotopic (exact) mass is 247 g/mol. The first-order chi connectivity index (χ1) is 8.43. The molecular formula is C14H17NO3. The highest BCUT2D eigenvalue weighted by Gasteiger charge is 2.50. The molecule has 0 heterocycles. The lowest BCUT2D eigenvalue weighted by Crippen LogP contribution is -2.34. The van der Waals surface area contributed by atoms with Crippen molar-refractivity contribution in [3.05, 3.63) is 34.9 Å². The third-order valence-electron chi connectivity index (χ3n) is 3.38. The molecule has 1 aromatic rings. The van der Waals surface area contributed by atoms with Gasteiger partial charge in [0, 0.05) is 12.1 Å². The SMILES string of the molecule is Cc1cc(C)cc(C(=O)NCC2(C(=O)O)CC2)c1. The molecule has 0 saturated heterocycles. The van der Waals surface area contributed by atoms with E-state index in [2.05, 4.69) is 5.32 Å². The van der Waals surface area contributed by atoms with E-state index in [-0.39, 0.29) is 12.5 Å². The minimum atomic E-state index is -0.816. The van der Waals surface area contributed by atoms with E-state index in [1.54, 1.807) is 0 Å². The molecule has 1 amide bonds. The average molecular weight is 247 g/mol. The molecule has 2 N–H and O–H groups in total. The number of carbonyl (C=O) groups is 2. The zero-order chi connectivity index (χ0) is 13.3. The topological polar surface area (TPSA) is 66.4 Å². The number of carbonyl (C=O) groups excluding carboxylic acids is 1. The molecule has 2 rings (SSSR count). The first kappa shape index (κ1) is 12.6. The summed E-state index contributed by atoms with van der Waals surface area (Å²) in [6.07, 6.45) is 1.30. The summed E-state index contributed by atoms with van der Waals surface area (Å²) in [7, 11) is 0. The minimum absolute atomic E-state index is 0.200. The molecular weight excluding hydrogens is 230 g/mol. The lowest BCUT2D eigenvalue weighted by molar-refractivity contribution is -0.143. The fourth-order valence-corrected chi connectivity index (χ4v) is 2.07. The number of carboxylic acids is 1. The normalized spacial score (nSPS) is 16.1. The second kappa shape index (κ2) is 4.44. The maximum atomic E-state index is 11.9. The highest BCUT2D eigenvalue weighted by atomic mass is 16.4. The predicted octanol–water partition coefficient (Wildman–Crippen LogP) is 1.90. The Labute approximate surface area is 106 Å². The minimum Gasteiger partial charge on any atom is -0.481 e. The maximum absolute atomic E-state index is 11.9. The summed E-state index contributed by atoms with van der Waals surface area (Å²) in [6, 6.07) is 5.61. The molecule has 0 aliphatic heterocycles. The summed E-state index contributed by atoms with van der Waals surface area (Å²) in [5.74, 6) is -1.02. The third-order valence-corrected chi connectivity index (χ3v) is 3.38. The Balaban J connectivity index is 2.02. The van der Waals surface area contributed by atoms with Gasteiger partial charge in [0.05, 0.1) is 5.41 Å². The first-order valence-electron chi connectivity index (χ1n) is 6.03. The van der Waals surface area contributed by atoms with Crippen molar-refractivity contribution in [1.82, 2.24) is 5.32 Å². The van der Waals surface area contributed by atoms with Gasteiger partial charge in [-0.2, -0.15) is 0 Å². The molecule has 0 unspecified atom stereocenters. The van der Waals surface area contributed by atoms with E-state index in [1.165, 1.54) is 0 Å². The second-order valence-electron chi connectivity index (χ2n) is 5.14. The van der Waals surface area contributed by atoms with Crippen LogP contribution in [-0.2, 0) is 4.79 Å². The number of carboxylic acid groups (broad SMARTS) is 1. The molecule has 4 heteroatoms. The Morgan fingerprint density at radius 3 is 2.22 bits per heavy atom. The Bertz CT molecular complexity index is 484. The van der Waals surface area contributed by atoms with Crippen LogP contribution in [0.2, 0.25) is 0 Å². The molecule has 0 spiro atoms. The quantitative estimate of drug-likeness (QED) is 0.854.